The Hall–Kier alpha value is -2.08. The lowest BCUT2D eigenvalue weighted by Gasteiger charge is -2.13. The van der Waals surface area contributed by atoms with Gasteiger partial charge in [0, 0.05) is 16.0 Å². The standard InChI is InChI=1S/C17H14ClNO3S/c18-14-8-9-16(13(10-14)11-20)19-23(21,22)17-7-3-5-12-4-1-2-6-15(12)17/h1-10,19-20H,11H2. The molecule has 3 aromatic rings. The quantitative estimate of drug-likeness (QED) is 0.754. The van der Waals surface area contributed by atoms with Crippen LogP contribution in [0.1, 0.15) is 5.56 Å². The molecular weight excluding hydrogens is 334 g/mol. The van der Waals surface area contributed by atoms with Crippen molar-refractivity contribution < 1.29 is 13.5 Å². The van der Waals surface area contributed by atoms with Gasteiger partial charge in [-0.3, -0.25) is 4.72 Å². The van der Waals surface area contributed by atoms with Crippen molar-refractivity contribution in [3.63, 3.8) is 0 Å². The molecule has 2 N–H and O–H groups in total. The summed E-state index contributed by atoms with van der Waals surface area (Å²) in [5, 5.41) is 11.3. The highest BCUT2D eigenvalue weighted by Crippen LogP contribution is 2.27. The fraction of sp³-hybridized carbons (Fsp3) is 0.0588. The fourth-order valence-corrected chi connectivity index (χ4v) is 3.95. The zero-order chi connectivity index (χ0) is 16.4. The van der Waals surface area contributed by atoms with E-state index in [9.17, 15) is 13.5 Å². The van der Waals surface area contributed by atoms with Gasteiger partial charge in [0.1, 0.15) is 0 Å². The van der Waals surface area contributed by atoms with Crippen LogP contribution in [0, 0.1) is 0 Å². The SMILES string of the molecule is O=S(=O)(Nc1ccc(Cl)cc1CO)c1cccc2ccccc12. The zero-order valence-electron chi connectivity index (χ0n) is 12.0. The Labute approximate surface area is 139 Å². The third-order valence-electron chi connectivity index (χ3n) is 3.52. The molecule has 0 unspecified atom stereocenters. The van der Waals surface area contributed by atoms with Gasteiger partial charge >= 0.3 is 0 Å². The number of halogens is 1. The molecule has 0 aliphatic heterocycles. The van der Waals surface area contributed by atoms with Crippen LogP contribution in [-0.4, -0.2) is 13.5 Å². The maximum Gasteiger partial charge on any atom is 0.262 e. The monoisotopic (exact) mass is 347 g/mol. The summed E-state index contributed by atoms with van der Waals surface area (Å²) in [5.41, 5.74) is 0.728. The Balaban J connectivity index is 2.08. The summed E-state index contributed by atoms with van der Waals surface area (Å²) in [4.78, 5) is 0.189. The van der Waals surface area contributed by atoms with E-state index in [1.165, 1.54) is 12.1 Å². The van der Waals surface area contributed by atoms with Gasteiger partial charge in [-0.1, -0.05) is 48.0 Å². The molecule has 0 atom stereocenters. The third kappa shape index (κ3) is 3.17. The first-order valence-electron chi connectivity index (χ1n) is 6.91. The van der Waals surface area contributed by atoms with Crippen LogP contribution >= 0.6 is 11.6 Å². The van der Waals surface area contributed by atoms with Crippen molar-refractivity contribution >= 4 is 38.1 Å². The molecule has 0 radical (unpaired) electrons. The Morgan fingerprint density at radius 2 is 1.74 bits per heavy atom. The van der Waals surface area contributed by atoms with Gasteiger partial charge in [0.2, 0.25) is 0 Å². The van der Waals surface area contributed by atoms with Crippen LogP contribution in [0.5, 0.6) is 0 Å². The van der Waals surface area contributed by atoms with Gasteiger partial charge in [-0.15, -0.1) is 0 Å². The number of nitrogens with one attached hydrogen (secondary N) is 1. The van der Waals surface area contributed by atoms with Crippen LogP contribution in [0.2, 0.25) is 5.02 Å². The maximum absolute atomic E-state index is 12.7. The molecule has 0 heterocycles. The van der Waals surface area contributed by atoms with E-state index >= 15 is 0 Å². The second-order valence-corrected chi connectivity index (χ2v) is 7.13. The summed E-state index contributed by atoms with van der Waals surface area (Å²) >= 11 is 5.87. The largest absolute Gasteiger partial charge is 0.392 e. The number of benzene rings is 3. The van der Waals surface area contributed by atoms with E-state index in [-0.39, 0.29) is 11.5 Å². The topological polar surface area (TPSA) is 66.4 Å². The van der Waals surface area contributed by atoms with Gasteiger partial charge < -0.3 is 5.11 Å². The fourth-order valence-electron chi connectivity index (χ4n) is 2.42. The van der Waals surface area contributed by atoms with E-state index in [4.69, 9.17) is 11.6 Å². The predicted octanol–water partition coefficient (Wildman–Crippen LogP) is 3.79. The third-order valence-corrected chi connectivity index (χ3v) is 5.18. The van der Waals surface area contributed by atoms with E-state index in [1.54, 1.807) is 30.3 Å². The molecule has 6 heteroatoms. The molecule has 0 aromatic heterocycles. The highest BCUT2D eigenvalue weighted by Gasteiger charge is 2.18. The normalized spacial score (nSPS) is 11.6. The van der Waals surface area contributed by atoms with E-state index in [0.717, 1.165) is 5.39 Å². The lowest BCUT2D eigenvalue weighted by atomic mass is 10.1. The van der Waals surface area contributed by atoms with E-state index in [0.29, 0.717) is 21.7 Å². The minimum atomic E-state index is -3.79. The highest BCUT2D eigenvalue weighted by molar-refractivity contribution is 7.93. The average molecular weight is 348 g/mol. The highest BCUT2D eigenvalue weighted by atomic mass is 35.5. The minimum Gasteiger partial charge on any atom is -0.392 e. The van der Waals surface area contributed by atoms with Crippen molar-refractivity contribution in [1.82, 2.24) is 0 Å². The molecule has 0 aliphatic carbocycles. The molecule has 0 bridgehead atoms. The van der Waals surface area contributed by atoms with Gasteiger partial charge in [-0.25, -0.2) is 8.42 Å². The van der Waals surface area contributed by atoms with Gasteiger partial charge in [0.15, 0.2) is 0 Å². The lowest BCUT2D eigenvalue weighted by Crippen LogP contribution is -2.14. The molecule has 0 saturated carbocycles. The molecule has 0 spiro atoms. The van der Waals surface area contributed by atoms with E-state index in [1.807, 2.05) is 18.2 Å². The molecule has 4 nitrogen and oxygen atoms in total. The number of aliphatic hydroxyl groups is 1. The van der Waals surface area contributed by atoms with Crippen molar-refractivity contribution in [3.8, 4) is 0 Å². The van der Waals surface area contributed by atoms with E-state index < -0.39 is 10.0 Å². The van der Waals surface area contributed by atoms with Crippen molar-refractivity contribution in [2.24, 2.45) is 0 Å². The van der Waals surface area contributed by atoms with Crippen LogP contribution in [0.4, 0.5) is 5.69 Å². The molecule has 0 saturated heterocycles. The van der Waals surface area contributed by atoms with Crippen LogP contribution in [0.3, 0.4) is 0 Å². The van der Waals surface area contributed by atoms with Crippen molar-refractivity contribution in [1.29, 1.82) is 0 Å². The Bertz CT molecular complexity index is 965. The van der Waals surface area contributed by atoms with Crippen molar-refractivity contribution in [3.05, 3.63) is 71.2 Å². The van der Waals surface area contributed by atoms with Crippen molar-refractivity contribution in [2.45, 2.75) is 11.5 Å². The zero-order valence-corrected chi connectivity index (χ0v) is 13.6. The summed E-state index contributed by atoms with van der Waals surface area (Å²) in [6, 6.07) is 17.0. The van der Waals surface area contributed by atoms with Gasteiger partial charge in [0.05, 0.1) is 17.2 Å². The number of hydrogen-bond acceptors (Lipinski definition) is 3. The number of rotatable bonds is 4. The summed E-state index contributed by atoms with van der Waals surface area (Å²) in [7, 11) is -3.79. The second kappa shape index (κ2) is 6.20. The molecule has 0 fully saturated rings. The summed E-state index contributed by atoms with van der Waals surface area (Å²) in [6.07, 6.45) is 0. The first-order valence-corrected chi connectivity index (χ1v) is 8.77. The summed E-state index contributed by atoms with van der Waals surface area (Å²) < 4.78 is 28.0. The lowest BCUT2D eigenvalue weighted by molar-refractivity contribution is 0.282. The number of aliphatic hydroxyl groups excluding tert-OH is 1. The molecule has 3 rings (SSSR count). The first-order chi connectivity index (χ1) is 11.0. The average Bonchev–Trinajstić information content (AvgIpc) is 2.55. The Morgan fingerprint density at radius 1 is 1.00 bits per heavy atom. The molecule has 0 amide bonds. The molecular formula is C17H14ClNO3S. The first kappa shape index (κ1) is 15.8. The number of sulfonamides is 1. The maximum atomic E-state index is 12.7. The summed E-state index contributed by atoms with van der Waals surface area (Å²) in [6.45, 7) is -0.312. The Morgan fingerprint density at radius 3 is 2.52 bits per heavy atom. The van der Waals surface area contributed by atoms with Crippen LogP contribution in [0.25, 0.3) is 10.8 Å². The minimum absolute atomic E-state index is 0.189. The Kier molecular flexibility index (Phi) is 4.26. The number of hydrogen-bond donors (Lipinski definition) is 2. The predicted molar refractivity (Wildman–Crippen MR) is 92.1 cm³/mol. The number of fused-ring (bicyclic) bond motifs is 1. The van der Waals surface area contributed by atoms with E-state index in [2.05, 4.69) is 4.72 Å². The van der Waals surface area contributed by atoms with Gasteiger partial charge in [0.25, 0.3) is 10.0 Å². The summed E-state index contributed by atoms with van der Waals surface area (Å²) in [5.74, 6) is 0. The van der Waals surface area contributed by atoms with Gasteiger partial charge in [-0.05, 0) is 29.7 Å². The molecule has 23 heavy (non-hydrogen) atoms. The second-order valence-electron chi connectivity index (χ2n) is 5.04. The number of anilines is 1. The van der Waals surface area contributed by atoms with Crippen LogP contribution in [0.15, 0.2) is 65.6 Å². The van der Waals surface area contributed by atoms with Crippen molar-refractivity contribution in [2.75, 3.05) is 4.72 Å². The molecule has 3 aromatic carbocycles. The molecule has 0 aliphatic rings. The van der Waals surface area contributed by atoms with Crippen LogP contribution in [-0.2, 0) is 16.6 Å². The van der Waals surface area contributed by atoms with Crippen LogP contribution < -0.4 is 4.72 Å². The molecule has 118 valence electrons. The smallest absolute Gasteiger partial charge is 0.262 e. The van der Waals surface area contributed by atoms with Gasteiger partial charge in [-0.2, -0.15) is 0 Å².